The quantitative estimate of drug-likeness (QED) is 0.228. The second-order valence-electron chi connectivity index (χ2n) is 6.51. The minimum atomic E-state index is -0.341. The molecule has 9 heteroatoms. The molecule has 146 valence electrons. The molecule has 0 fully saturated rings. The van der Waals surface area contributed by atoms with Crippen LogP contribution in [-0.4, -0.2) is 34.3 Å². The highest BCUT2D eigenvalue weighted by Gasteiger charge is 2.11. The van der Waals surface area contributed by atoms with Gasteiger partial charge in [-0.25, -0.2) is 4.99 Å². The summed E-state index contributed by atoms with van der Waals surface area (Å²) in [6.45, 7) is -0.160. The molecule has 2 aromatic heterocycles. The zero-order valence-corrected chi connectivity index (χ0v) is 15.3. The summed E-state index contributed by atoms with van der Waals surface area (Å²) in [6.07, 6.45) is 1.85. The van der Waals surface area contributed by atoms with Crippen LogP contribution in [0.1, 0.15) is 10.5 Å². The van der Waals surface area contributed by atoms with E-state index in [1.807, 2.05) is 30.5 Å². The van der Waals surface area contributed by atoms with Crippen LogP contribution in [0.4, 0.5) is 11.4 Å². The average Bonchev–Trinajstić information content (AvgIpc) is 3.32. The van der Waals surface area contributed by atoms with E-state index < -0.39 is 0 Å². The Hall–Kier alpha value is -4.27. The monoisotopic (exact) mass is 389 g/mol. The first kappa shape index (κ1) is 18.1. The second-order valence-corrected chi connectivity index (χ2v) is 6.51. The first-order valence-corrected chi connectivity index (χ1v) is 8.84. The molecule has 0 spiro atoms. The van der Waals surface area contributed by atoms with Gasteiger partial charge >= 0.3 is 0 Å². The van der Waals surface area contributed by atoms with Gasteiger partial charge in [0.2, 0.25) is 5.91 Å². The van der Waals surface area contributed by atoms with E-state index in [0.29, 0.717) is 17.1 Å². The second kappa shape index (κ2) is 7.39. The summed E-state index contributed by atoms with van der Waals surface area (Å²) in [5.41, 5.74) is 13.9. The maximum atomic E-state index is 12.6. The molecular formula is C20H19N7O2. The number of anilines is 2. The molecule has 0 aliphatic rings. The molecule has 0 atom stereocenters. The van der Waals surface area contributed by atoms with Gasteiger partial charge in [-0.1, -0.05) is 0 Å². The van der Waals surface area contributed by atoms with Crippen LogP contribution in [0.3, 0.4) is 0 Å². The standard InChI is InChI=1S/C20H19N7O2/c21-20(22)24-10-18(28)25-13-2-4-16-12(8-13)9-17(27-16)19(29)26-14-1-3-15-11(7-14)5-6-23-15/h1-9,23,27H,10H2,(H,25,28)(H,26,29)(H4,21,22,24). The number of fused-ring (bicyclic) bond motifs is 2. The Bertz CT molecular complexity index is 1250. The summed E-state index contributed by atoms with van der Waals surface area (Å²) in [5, 5.41) is 7.39. The molecule has 0 unspecified atom stereocenters. The maximum Gasteiger partial charge on any atom is 0.272 e. The molecule has 0 saturated heterocycles. The summed E-state index contributed by atoms with van der Waals surface area (Å²) in [5.74, 6) is -0.742. The van der Waals surface area contributed by atoms with E-state index in [0.717, 1.165) is 21.8 Å². The van der Waals surface area contributed by atoms with Gasteiger partial charge in [0.05, 0.1) is 0 Å². The van der Waals surface area contributed by atoms with E-state index >= 15 is 0 Å². The topological polar surface area (TPSA) is 154 Å². The van der Waals surface area contributed by atoms with Crippen LogP contribution in [-0.2, 0) is 4.79 Å². The number of benzene rings is 2. The Morgan fingerprint density at radius 1 is 0.897 bits per heavy atom. The summed E-state index contributed by atoms with van der Waals surface area (Å²) in [7, 11) is 0. The van der Waals surface area contributed by atoms with Crippen molar-refractivity contribution in [2.75, 3.05) is 17.2 Å². The fourth-order valence-corrected chi connectivity index (χ4v) is 3.03. The largest absolute Gasteiger partial charge is 0.370 e. The zero-order chi connectivity index (χ0) is 20.4. The SMILES string of the molecule is NC(N)=NCC(=O)Nc1ccc2[nH]c(C(=O)Nc3ccc4[nH]ccc4c3)cc2c1. The van der Waals surface area contributed by atoms with Gasteiger partial charge in [0, 0.05) is 39.4 Å². The predicted molar refractivity (Wildman–Crippen MR) is 114 cm³/mol. The smallest absolute Gasteiger partial charge is 0.272 e. The number of hydrogen-bond acceptors (Lipinski definition) is 3. The third kappa shape index (κ3) is 4.03. The van der Waals surface area contributed by atoms with Crippen molar-refractivity contribution < 1.29 is 9.59 Å². The zero-order valence-electron chi connectivity index (χ0n) is 15.3. The molecule has 4 rings (SSSR count). The van der Waals surface area contributed by atoms with E-state index in [-0.39, 0.29) is 24.3 Å². The van der Waals surface area contributed by atoms with E-state index in [2.05, 4.69) is 25.6 Å². The summed E-state index contributed by atoms with van der Waals surface area (Å²) in [6, 6.07) is 14.6. The highest BCUT2D eigenvalue weighted by atomic mass is 16.2. The molecule has 9 nitrogen and oxygen atoms in total. The van der Waals surface area contributed by atoms with Gasteiger partial charge in [-0.05, 0) is 48.5 Å². The summed E-state index contributed by atoms with van der Waals surface area (Å²) >= 11 is 0. The third-order valence-corrected chi connectivity index (χ3v) is 4.37. The van der Waals surface area contributed by atoms with Crippen molar-refractivity contribution in [2.45, 2.75) is 0 Å². The highest BCUT2D eigenvalue weighted by molar-refractivity contribution is 6.07. The molecule has 2 heterocycles. The number of aliphatic imine (C=N–C) groups is 1. The lowest BCUT2D eigenvalue weighted by Gasteiger charge is -2.03. The average molecular weight is 389 g/mol. The lowest BCUT2D eigenvalue weighted by molar-refractivity contribution is -0.114. The Kier molecular flexibility index (Phi) is 4.62. The predicted octanol–water partition coefficient (Wildman–Crippen LogP) is 2.11. The maximum absolute atomic E-state index is 12.6. The van der Waals surface area contributed by atoms with Crippen LogP contribution in [0.5, 0.6) is 0 Å². The first-order valence-electron chi connectivity index (χ1n) is 8.84. The van der Waals surface area contributed by atoms with Crippen LogP contribution in [0.2, 0.25) is 0 Å². The summed E-state index contributed by atoms with van der Waals surface area (Å²) < 4.78 is 0. The number of carbonyl (C=O) groups is 2. The lowest BCUT2D eigenvalue weighted by atomic mass is 10.2. The molecule has 0 bridgehead atoms. The number of rotatable bonds is 5. The van der Waals surface area contributed by atoms with Crippen molar-refractivity contribution in [3.05, 3.63) is 60.4 Å². The number of carbonyl (C=O) groups excluding carboxylic acids is 2. The number of aromatic amines is 2. The number of H-pyrrole nitrogens is 2. The van der Waals surface area contributed by atoms with Crippen molar-refractivity contribution in [3.63, 3.8) is 0 Å². The number of hydrogen-bond donors (Lipinski definition) is 6. The molecule has 29 heavy (non-hydrogen) atoms. The van der Waals surface area contributed by atoms with Gasteiger partial charge in [0.25, 0.3) is 5.91 Å². The molecule has 2 aromatic carbocycles. The molecule has 0 saturated carbocycles. The van der Waals surface area contributed by atoms with E-state index in [1.165, 1.54) is 0 Å². The van der Waals surface area contributed by atoms with Crippen molar-refractivity contribution >= 4 is 51.0 Å². The van der Waals surface area contributed by atoms with Crippen LogP contribution < -0.4 is 22.1 Å². The van der Waals surface area contributed by atoms with Crippen LogP contribution in [0.15, 0.2) is 59.7 Å². The number of nitrogens with zero attached hydrogens (tertiary/aromatic N) is 1. The number of nitrogens with two attached hydrogens (primary N) is 2. The molecule has 4 aromatic rings. The lowest BCUT2D eigenvalue weighted by Crippen LogP contribution is -2.25. The van der Waals surface area contributed by atoms with Crippen LogP contribution >= 0.6 is 0 Å². The fourth-order valence-electron chi connectivity index (χ4n) is 3.03. The van der Waals surface area contributed by atoms with Crippen molar-refractivity contribution in [3.8, 4) is 0 Å². The Labute approximate surface area is 165 Å². The number of aromatic nitrogens is 2. The highest BCUT2D eigenvalue weighted by Crippen LogP contribution is 2.22. The minimum Gasteiger partial charge on any atom is -0.370 e. The van der Waals surface area contributed by atoms with Gasteiger partial charge in [-0.15, -0.1) is 0 Å². The van der Waals surface area contributed by atoms with E-state index in [4.69, 9.17) is 11.5 Å². The Balaban J connectivity index is 1.49. The van der Waals surface area contributed by atoms with Gasteiger partial charge < -0.3 is 32.1 Å². The number of nitrogens with one attached hydrogen (secondary N) is 4. The molecular weight excluding hydrogens is 370 g/mol. The molecule has 0 aliphatic carbocycles. The molecule has 8 N–H and O–H groups in total. The van der Waals surface area contributed by atoms with Crippen molar-refractivity contribution in [1.82, 2.24) is 9.97 Å². The Morgan fingerprint density at radius 2 is 1.62 bits per heavy atom. The van der Waals surface area contributed by atoms with E-state index in [1.54, 1.807) is 24.3 Å². The number of guanidine groups is 1. The molecule has 0 aliphatic heterocycles. The van der Waals surface area contributed by atoms with E-state index in [9.17, 15) is 9.59 Å². The molecule has 2 amide bonds. The third-order valence-electron chi connectivity index (χ3n) is 4.37. The normalized spacial score (nSPS) is 10.8. The van der Waals surface area contributed by atoms with Crippen molar-refractivity contribution in [1.29, 1.82) is 0 Å². The van der Waals surface area contributed by atoms with Gasteiger partial charge in [-0.3, -0.25) is 9.59 Å². The van der Waals surface area contributed by atoms with Gasteiger partial charge in [0.15, 0.2) is 5.96 Å². The van der Waals surface area contributed by atoms with Gasteiger partial charge in [-0.2, -0.15) is 0 Å². The first-order chi connectivity index (χ1) is 14.0. The Morgan fingerprint density at radius 3 is 2.41 bits per heavy atom. The minimum absolute atomic E-state index is 0.146. The molecule has 0 radical (unpaired) electrons. The fraction of sp³-hybridized carbons (Fsp3) is 0.0500. The summed E-state index contributed by atoms with van der Waals surface area (Å²) in [4.78, 5) is 34.3. The number of amides is 2. The van der Waals surface area contributed by atoms with Gasteiger partial charge in [0.1, 0.15) is 12.2 Å². The van der Waals surface area contributed by atoms with Crippen LogP contribution in [0.25, 0.3) is 21.8 Å². The van der Waals surface area contributed by atoms with Crippen LogP contribution in [0, 0.1) is 0 Å². The van der Waals surface area contributed by atoms with Crippen molar-refractivity contribution in [2.24, 2.45) is 16.5 Å².